The number of sulfone groups is 1. The topological polar surface area (TPSA) is 66.9 Å². The molecule has 4 rings (SSSR count). The molecule has 11 heteroatoms. The molecule has 0 N–H and O–H groups in total. The fraction of sp³-hybridized carbons (Fsp3) is 0.269. The number of nitrogens with zero attached hydrogens (tertiary/aromatic N) is 2. The highest BCUT2D eigenvalue weighted by Gasteiger charge is 2.26. The molecule has 196 valence electrons. The van der Waals surface area contributed by atoms with Crippen LogP contribution in [0.1, 0.15) is 15.9 Å². The third-order valence-electron chi connectivity index (χ3n) is 6.10. The van der Waals surface area contributed by atoms with Crippen molar-refractivity contribution in [3.63, 3.8) is 0 Å². The van der Waals surface area contributed by atoms with Crippen LogP contribution >= 0.6 is 0 Å². The van der Waals surface area contributed by atoms with E-state index in [0.717, 1.165) is 12.3 Å². The van der Waals surface area contributed by atoms with Crippen LogP contribution in [0, 0.1) is 11.6 Å². The lowest BCUT2D eigenvalue weighted by atomic mass is 9.98. The minimum Gasteiger partial charge on any atom is -0.366 e. The van der Waals surface area contributed by atoms with Gasteiger partial charge in [0.25, 0.3) is 5.91 Å². The van der Waals surface area contributed by atoms with Gasteiger partial charge in [-0.3, -0.25) is 4.79 Å². The van der Waals surface area contributed by atoms with Crippen LogP contribution in [-0.4, -0.2) is 58.3 Å². The average molecular weight is 537 g/mol. The van der Waals surface area contributed by atoms with Gasteiger partial charge in [0.1, 0.15) is 11.6 Å². The van der Waals surface area contributed by atoms with Crippen LogP contribution < -0.4 is 4.90 Å². The van der Waals surface area contributed by atoms with E-state index in [4.69, 9.17) is 0 Å². The van der Waals surface area contributed by atoms with Crippen molar-refractivity contribution in [2.24, 2.45) is 0 Å². The Morgan fingerprint density at radius 1 is 0.946 bits per heavy atom. The van der Waals surface area contributed by atoms with E-state index in [1.807, 2.05) is 0 Å². The molecule has 3 aromatic rings. The Labute approximate surface area is 212 Å². The summed E-state index contributed by atoms with van der Waals surface area (Å²) >= 11 is 0. The van der Waals surface area contributed by atoms with Crippen LogP contribution in [0.5, 0.6) is 0 Å². The number of hydrogen-bond donors (Lipinski definition) is 0. The molecule has 0 atom stereocenters. The number of rotatable bonds is 7. The molecular formula is C26H24F4N2O4S. The van der Waals surface area contributed by atoms with Crippen molar-refractivity contribution in [1.82, 2.24) is 4.90 Å². The Balaban J connectivity index is 1.54. The summed E-state index contributed by atoms with van der Waals surface area (Å²) < 4.78 is 81.1. The number of carbonyl (C=O) groups excluding carboxylic acids is 1. The third-order valence-corrected chi connectivity index (χ3v) is 7.21. The van der Waals surface area contributed by atoms with Crippen LogP contribution in [0.3, 0.4) is 0 Å². The molecule has 1 amide bonds. The summed E-state index contributed by atoms with van der Waals surface area (Å²) in [6.45, 7) is -2.29. The van der Waals surface area contributed by atoms with Gasteiger partial charge in [-0.05, 0) is 53.1 Å². The number of alkyl halides is 2. The molecule has 0 aliphatic carbocycles. The maximum atomic E-state index is 14.7. The molecule has 0 aromatic heterocycles. The highest BCUT2D eigenvalue weighted by atomic mass is 32.2. The largest absolute Gasteiger partial charge is 0.366 e. The van der Waals surface area contributed by atoms with Crippen molar-refractivity contribution >= 4 is 21.4 Å². The minimum absolute atomic E-state index is 0.0154. The van der Waals surface area contributed by atoms with Gasteiger partial charge in [-0.15, -0.1) is 0 Å². The fourth-order valence-electron chi connectivity index (χ4n) is 4.19. The van der Waals surface area contributed by atoms with E-state index in [-0.39, 0.29) is 34.8 Å². The minimum atomic E-state index is -3.59. The molecule has 1 saturated heterocycles. The Bertz CT molecular complexity index is 1390. The second kappa shape index (κ2) is 10.9. The highest BCUT2D eigenvalue weighted by Crippen LogP contribution is 2.29. The van der Waals surface area contributed by atoms with Gasteiger partial charge in [0.2, 0.25) is 0 Å². The van der Waals surface area contributed by atoms with Crippen molar-refractivity contribution in [3.05, 3.63) is 83.4 Å². The molecule has 0 spiro atoms. The van der Waals surface area contributed by atoms with E-state index in [1.54, 1.807) is 9.80 Å². The number of anilines is 1. The lowest BCUT2D eigenvalue weighted by molar-refractivity contribution is -0.137. The summed E-state index contributed by atoms with van der Waals surface area (Å²) in [6.07, 6.45) is 1.05. The van der Waals surface area contributed by atoms with Crippen LogP contribution in [0.4, 0.5) is 23.2 Å². The van der Waals surface area contributed by atoms with Crippen LogP contribution in [0.2, 0.25) is 0 Å². The maximum absolute atomic E-state index is 14.7. The maximum Gasteiger partial charge on any atom is 0.345 e. The molecule has 0 unspecified atom stereocenters. The molecule has 1 heterocycles. The van der Waals surface area contributed by atoms with Gasteiger partial charge in [-0.1, -0.05) is 24.3 Å². The molecule has 1 aliphatic rings. The van der Waals surface area contributed by atoms with Crippen LogP contribution in [0.25, 0.3) is 11.1 Å². The lowest BCUT2D eigenvalue weighted by Gasteiger charge is -2.36. The van der Waals surface area contributed by atoms with E-state index < -0.39 is 40.6 Å². The van der Waals surface area contributed by atoms with Gasteiger partial charge < -0.3 is 14.5 Å². The van der Waals surface area contributed by atoms with Crippen LogP contribution in [0.15, 0.2) is 65.6 Å². The predicted octanol–water partition coefficient (Wildman–Crippen LogP) is 4.74. The molecule has 1 fully saturated rings. The van der Waals surface area contributed by atoms with Gasteiger partial charge in [0.05, 0.1) is 17.2 Å². The van der Waals surface area contributed by atoms with Crippen molar-refractivity contribution in [2.75, 3.05) is 37.3 Å². The zero-order valence-electron chi connectivity index (χ0n) is 19.8. The summed E-state index contributed by atoms with van der Waals surface area (Å²) in [6, 6.07) is 13.9. The van der Waals surface area contributed by atoms with E-state index in [0.29, 0.717) is 24.2 Å². The Morgan fingerprint density at radius 2 is 1.62 bits per heavy atom. The Morgan fingerprint density at radius 3 is 2.22 bits per heavy atom. The summed E-state index contributed by atoms with van der Waals surface area (Å²) in [5.41, 5.74) is 1.74. The average Bonchev–Trinajstić information content (AvgIpc) is 2.87. The van der Waals surface area contributed by atoms with Crippen molar-refractivity contribution in [2.45, 2.75) is 18.1 Å². The molecule has 6 nitrogen and oxygen atoms in total. The highest BCUT2D eigenvalue weighted by molar-refractivity contribution is 7.90. The van der Waals surface area contributed by atoms with E-state index >= 15 is 0 Å². The first-order valence-electron chi connectivity index (χ1n) is 11.4. The number of piperazine rings is 1. The fourth-order valence-corrected chi connectivity index (χ4v) is 4.84. The number of halogens is 4. The second-order valence-corrected chi connectivity index (χ2v) is 10.6. The van der Waals surface area contributed by atoms with Gasteiger partial charge >= 0.3 is 6.61 Å². The van der Waals surface area contributed by atoms with Crippen molar-refractivity contribution < 1.29 is 35.5 Å². The smallest absolute Gasteiger partial charge is 0.345 e. The molecule has 1 aliphatic heterocycles. The van der Waals surface area contributed by atoms with Gasteiger partial charge in [0, 0.05) is 38.0 Å². The monoisotopic (exact) mass is 536 g/mol. The predicted molar refractivity (Wildman–Crippen MR) is 130 cm³/mol. The molecular weight excluding hydrogens is 512 g/mol. The quantitative estimate of drug-likeness (QED) is 0.409. The number of ether oxygens (including phenoxy) is 1. The lowest BCUT2D eigenvalue weighted by Crippen LogP contribution is -2.49. The zero-order valence-corrected chi connectivity index (χ0v) is 20.7. The molecule has 0 saturated carbocycles. The van der Waals surface area contributed by atoms with E-state index in [1.165, 1.54) is 54.6 Å². The van der Waals surface area contributed by atoms with Gasteiger partial charge in [-0.2, -0.15) is 8.78 Å². The molecule has 0 radical (unpaired) electrons. The molecule has 3 aromatic carbocycles. The summed E-state index contributed by atoms with van der Waals surface area (Å²) in [4.78, 5) is 16.8. The number of benzene rings is 3. The van der Waals surface area contributed by atoms with Crippen molar-refractivity contribution in [1.29, 1.82) is 0 Å². The second-order valence-electron chi connectivity index (χ2n) is 8.62. The number of carbonyl (C=O) groups is 1. The summed E-state index contributed by atoms with van der Waals surface area (Å²) in [5, 5.41) is 0. The third kappa shape index (κ3) is 6.28. The van der Waals surface area contributed by atoms with Gasteiger partial charge in [-0.25, -0.2) is 17.2 Å². The Kier molecular flexibility index (Phi) is 7.84. The number of hydrogen-bond acceptors (Lipinski definition) is 5. The van der Waals surface area contributed by atoms with E-state index in [9.17, 15) is 30.8 Å². The molecule has 37 heavy (non-hydrogen) atoms. The van der Waals surface area contributed by atoms with Crippen molar-refractivity contribution in [3.8, 4) is 11.1 Å². The number of amides is 1. The van der Waals surface area contributed by atoms with Gasteiger partial charge in [0.15, 0.2) is 9.84 Å². The molecule has 0 bridgehead atoms. The normalized spacial score (nSPS) is 14.3. The first kappa shape index (κ1) is 26.6. The van der Waals surface area contributed by atoms with Crippen LogP contribution in [-0.2, 0) is 21.2 Å². The first-order valence-corrected chi connectivity index (χ1v) is 13.2. The SMILES string of the molecule is CS(=O)(=O)c1ccc(-c2ccc(F)cc2)c(C(=O)N2CCN(c3ccc(COC(F)F)cc3F)CC2)c1. The standard InChI is InChI=1S/C26H24F4N2O4S/c1-37(34,35)20-7-8-21(18-3-5-19(27)6-4-18)22(15-20)25(33)32-12-10-31(11-13-32)24-9-2-17(14-23(24)28)16-36-26(29)30/h2-9,14-15,26H,10-13,16H2,1H3. The Hall–Kier alpha value is -3.44. The van der Waals surface area contributed by atoms with E-state index in [2.05, 4.69) is 4.74 Å². The zero-order chi connectivity index (χ0) is 26.7. The summed E-state index contributed by atoms with van der Waals surface area (Å²) in [7, 11) is -3.59. The first-order chi connectivity index (χ1) is 17.5. The summed E-state index contributed by atoms with van der Waals surface area (Å²) in [5.74, 6) is -1.43.